The van der Waals surface area contributed by atoms with Crippen molar-refractivity contribution in [3.63, 3.8) is 0 Å². The number of benzene rings is 3. The Labute approximate surface area is 226 Å². The second-order valence-corrected chi connectivity index (χ2v) is 10.8. The molecule has 7 nitrogen and oxygen atoms in total. The molecule has 2 atom stereocenters. The van der Waals surface area contributed by atoms with Gasteiger partial charge in [-0.05, 0) is 81.1 Å². The molecule has 3 aromatic carbocycles. The number of nitrogens with one attached hydrogen (secondary N) is 1. The van der Waals surface area contributed by atoms with E-state index in [2.05, 4.69) is 5.32 Å². The van der Waals surface area contributed by atoms with Gasteiger partial charge in [0.15, 0.2) is 11.6 Å². The zero-order valence-corrected chi connectivity index (χ0v) is 22.4. The fraction of sp³-hybridized carbons (Fsp3) is 0.300. The van der Waals surface area contributed by atoms with E-state index in [9.17, 15) is 23.2 Å². The molecule has 0 radical (unpaired) electrons. The van der Waals surface area contributed by atoms with Gasteiger partial charge in [0.25, 0.3) is 5.91 Å². The lowest BCUT2D eigenvalue weighted by molar-refractivity contribution is -0.125. The van der Waals surface area contributed by atoms with E-state index in [1.807, 2.05) is 33.8 Å². The molecule has 0 bridgehead atoms. The molecule has 1 aliphatic rings. The van der Waals surface area contributed by atoms with Crippen molar-refractivity contribution in [2.75, 3.05) is 16.3 Å². The Kier molecular flexibility index (Phi) is 7.72. The van der Waals surface area contributed by atoms with Crippen LogP contribution in [0.15, 0.2) is 66.7 Å². The van der Waals surface area contributed by atoms with E-state index in [1.54, 1.807) is 42.5 Å². The molecule has 9 heteroatoms. The fourth-order valence-electron chi connectivity index (χ4n) is 5.04. The normalized spacial score (nSPS) is 17.3. The summed E-state index contributed by atoms with van der Waals surface area (Å²) in [5.74, 6) is -3.54. The quantitative estimate of drug-likeness (QED) is 0.482. The minimum absolute atomic E-state index is 0.0230. The first-order chi connectivity index (χ1) is 18.4. The van der Waals surface area contributed by atoms with Crippen LogP contribution in [0.4, 0.5) is 25.0 Å². The predicted molar refractivity (Wildman–Crippen MR) is 147 cm³/mol. The molecule has 0 saturated carbocycles. The van der Waals surface area contributed by atoms with Crippen molar-refractivity contribution >= 4 is 29.2 Å². The predicted octanol–water partition coefficient (Wildman–Crippen LogP) is 5.01. The summed E-state index contributed by atoms with van der Waals surface area (Å²) < 4.78 is 28.3. The number of halogens is 2. The van der Waals surface area contributed by atoms with Crippen molar-refractivity contribution in [3.05, 3.63) is 95.1 Å². The van der Waals surface area contributed by atoms with E-state index < -0.39 is 47.0 Å². The van der Waals surface area contributed by atoms with Crippen molar-refractivity contribution in [2.45, 2.75) is 51.6 Å². The standard InChI is InChI=1S/C30H32F2N4O3/c1-18-8-7-9-20(14-18)36(29(33)39)26-16-22(19-12-13-23(31)24(32)15-19)21-10-5-6-11-25(21)35(28(26)38)17-27(37)34-30(2,3)4/h5-15,22,26H,16-17H2,1-4H3,(H2,33,39)(H,34,37). The Balaban J connectivity index is 1.90. The molecule has 4 amide bonds. The van der Waals surface area contributed by atoms with Gasteiger partial charge in [0.05, 0.1) is 0 Å². The van der Waals surface area contributed by atoms with E-state index >= 15 is 0 Å². The molecule has 0 spiro atoms. The topological polar surface area (TPSA) is 95.7 Å². The minimum atomic E-state index is -1.14. The van der Waals surface area contributed by atoms with E-state index in [0.717, 1.165) is 17.7 Å². The van der Waals surface area contributed by atoms with Crippen LogP contribution in [0.5, 0.6) is 0 Å². The highest BCUT2D eigenvalue weighted by Crippen LogP contribution is 2.41. The molecule has 0 saturated heterocycles. The van der Waals surface area contributed by atoms with Gasteiger partial charge in [0.2, 0.25) is 5.91 Å². The third kappa shape index (κ3) is 6.08. The molecule has 0 aromatic heterocycles. The van der Waals surface area contributed by atoms with Crippen LogP contribution in [0.2, 0.25) is 0 Å². The summed E-state index contributed by atoms with van der Waals surface area (Å²) in [4.78, 5) is 42.8. The van der Waals surface area contributed by atoms with Gasteiger partial charge in [-0.25, -0.2) is 13.6 Å². The number of hydrogen-bond donors (Lipinski definition) is 2. The van der Waals surface area contributed by atoms with Crippen LogP contribution < -0.4 is 20.9 Å². The van der Waals surface area contributed by atoms with Gasteiger partial charge in [-0.3, -0.25) is 14.5 Å². The number of carbonyl (C=O) groups excluding carboxylic acids is 3. The van der Waals surface area contributed by atoms with Gasteiger partial charge in [0.1, 0.15) is 12.6 Å². The Morgan fingerprint density at radius 3 is 2.38 bits per heavy atom. The van der Waals surface area contributed by atoms with E-state index in [4.69, 9.17) is 5.73 Å². The minimum Gasteiger partial charge on any atom is -0.351 e. The smallest absolute Gasteiger partial charge is 0.320 e. The molecule has 39 heavy (non-hydrogen) atoms. The Morgan fingerprint density at radius 1 is 1.03 bits per heavy atom. The zero-order valence-electron chi connectivity index (χ0n) is 22.4. The van der Waals surface area contributed by atoms with Gasteiger partial charge in [-0.15, -0.1) is 0 Å². The lowest BCUT2D eigenvalue weighted by Crippen LogP contribution is -2.55. The maximum absolute atomic E-state index is 14.4. The Bertz CT molecular complexity index is 1420. The van der Waals surface area contributed by atoms with Crippen molar-refractivity contribution in [3.8, 4) is 0 Å². The van der Waals surface area contributed by atoms with Crippen LogP contribution in [0.25, 0.3) is 0 Å². The highest BCUT2D eigenvalue weighted by Gasteiger charge is 2.41. The summed E-state index contributed by atoms with van der Waals surface area (Å²) in [6.07, 6.45) is 0.0230. The van der Waals surface area contributed by atoms with Gasteiger partial charge in [-0.2, -0.15) is 0 Å². The van der Waals surface area contributed by atoms with E-state index in [-0.39, 0.29) is 13.0 Å². The number of carbonyl (C=O) groups is 3. The molecule has 1 aliphatic heterocycles. The number of amides is 4. The van der Waals surface area contributed by atoms with Crippen LogP contribution in [0, 0.1) is 18.6 Å². The fourth-order valence-corrected chi connectivity index (χ4v) is 5.04. The first-order valence-corrected chi connectivity index (χ1v) is 12.7. The average Bonchev–Trinajstić information content (AvgIpc) is 2.95. The summed E-state index contributed by atoms with van der Waals surface area (Å²) in [7, 11) is 0. The molecule has 3 aromatic rings. The molecule has 0 fully saturated rings. The number of urea groups is 1. The molecule has 204 valence electrons. The largest absolute Gasteiger partial charge is 0.351 e. The number of nitrogens with two attached hydrogens (primary N) is 1. The molecular formula is C30H32F2N4O3. The van der Waals surface area contributed by atoms with Crippen molar-refractivity contribution in [1.82, 2.24) is 5.32 Å². The number of para-hydroxylation sites is 1. The highest BCUT2D eigenvalue weighted by molar-refractivity contribution is 6.08. The Hall–Kier alpha value is -4.27. The van der Waals surface area contributed by atoms with Crippen LogP contribution in [-0.4, -0.2) is 36.0 Å². The maximum Gasteiger partial charge on any atom is 0.320 e. The summed E-state index contributed by atoms with van der Waals surface area (Å²) in [5, 5.41) is 2.87. The summed E-state index contributed by atoms with van der Waals surface area (Å²) >= 11 is 0. The molecular weight excluding hydrogens is 502 g/mol. The molecule has 4 rings (SSSR count). The van der Waals surface area contributed by atoms with Gasteiger partial charge in [-0.1, -0.05) is 36.4 Å². The Morgan fingerprint density at radius 2 is 1.74 bits per heavy atom. The van der Waals surface area contributed by atoms with Gasteiger partial charge in [0, 0.05) is 22.8 Å². The molecule has 2 unspecified atom stereocenters. The second-order valence-electron chi connectivity index (χ2n) is 10.8. The van der Waals surface area contributed by atoms with Gasteiger partial charge < -0.3 is 16.0 Å². The number of hydrogen-bond acceptors (Lipinski definition) is 3. The number of fused-ring (bicyclic) bond motifs is 1. The lowest BCUT2D eigenvalue weighted by atomic mass is 9.85. The number of aryl methyl sites for hydroxylation is 1. The number of anilines is 2. The average molecular weight is 535 g/mol. The molecule has 0 aliphatic carbocycles. The van der Waals surface area contributed by atoms with Crippen molar-refractivity contribution in [1.29, 1.82) is 0 Å². The number of rotatable bonds is 5. The first kappa shape index (κ1) is 27.8. The third-order valence-electron chi connectivity index (χ3n) is 6.60. The SMILES string of the molecule is Cc1cccc(N(C(N)=O)C2CC(c3ccc(F)c(F)c3)c3ccccc3N(CC(=O)NC(C)(C)C)C2=O)c1. The van der Waals surface area contributed by atoms with Crippen molar-refractivity contribution in [2.24, 2.45) is 5.73 Å². The summed E-state index contributed by atoms with van der Waals surface area (Å²) in [6, 6.07) is 15.6. The number of nitrogens with zero attached hydrogens (tertiary/aromatic N) is 2. The first-order valence-electron chi connectivity index (χ1n) is 12.7. The molecule has 3 N–H and O–H groups in total. The van der Waals surface area contributed by atoms with E-state index in [0.29, 0.717) is 22.5 Å². The number of primary amides is 1. The van der Waals surface area contributed by atoms with Gasteiger partial charge >= 0.3 is 6.03 Å². The monoisotopic (exact) mass is 534 g/mol. The molecule has 1 heterocycles. The van der Waals surface area contributed by atoms with E-state index in [1.165, 1.54) is 15.9 Å². The summed E-state index contributed by atoms with van der Waals surface area (Å²) in [5.41, 5.74) is 8.08. The van der Waals surface area contributed by atoms with Crippen LogP contribution in [-0.2, 0) is 9.59 Å². The lowest BCUT2D eigenvalue weighted by Gasteiger charge is -2.33. The van der Waals surface area contributed by atoms with Crippen molar-refractivity contribution < 1.29 is 23.2 Å². The second kappa shape index (κ2) is 10.8. The van der Waals surface area contributed by atoms with Crippen LogP contribution >= 0.6 is 0 Å². The maximum atomic E-state index is 14.4. The van der Waals surface area contributed by atoms with Crippen LogP contribution in [0.1, 0.15) is 49.8 Å². The zero-order chi connectivity index (χ0) is 28.5. The third-order valence-corrected chi connectivity index (χ3v) is 6.60. The van der Waals surface area contributed by atoms with Crippen LogP contribution in [0.3, 0.4) is 0 Å². The summed E-state index contributed by atoms with van der Waals surface area (Å²) in [6.45, 7) is 7.03. The highest BCUT2D eigenvalue weighted by atomic mass is 19.2.